The fourth-order valence-electron chi connectivity index (χ4n) is 2.74. The van der Waals surface area contributed by atoms with Gasteiger partial charge in [-0.3, -0.25) is 9.59 Å². The molecule has 0 heterocycles. The van der Waals surface area contributed by atoms with E-state index < -0.39 is 17.4 Å². The summed E-state index contributed by atoms with van der Waals surface area (Å²) in [7, 11) is 0. The van der Waals surface area contributed by atoms with E-state index in [1.165, 1.54) is 0 Å². The lowest BCUT2D eigenvalue weighted by atomic mass is 9.70. The van der Waals surface area contributed by atoms with Gasteiger partial charge in [-0.1, -0.05) is 19.3 Å². The molecule has 6 heteroatoms. The van der Waals surface area contributed by atoms with Crippen LogP contribution in [0.25, 0.3) is 0 Å². The van der Waals surface area contributed by atoms with Crippen molar-refractivity contribution in [1.82, 2.24) is 0 Å². The normalized spacial score (nSPS) is 16.9. The Kier molecular flexibility index (Phi) is 6.95. The predicted octanol–water partition coefficient (Wildman–Crippen LogP) is 0.946. The third kappa shape index (κ3) is 4.76. The van der Waals surface area contributed by atoms with Gasteiger partial charge in [0.25, 0.3) is 0 Å². The van der Waals surface area contributed by atoms with Crippen LogP contribution in [0.5, 0.6) is 0 Å². The van der Waals surface area contributed by atoms with E-state index in [0.29, 0.717) is 0 Å². The standard InChI is InChI=1S/C14H24O6/c15-8-14(9-16,11-4-2-1-3-5-11)10-20-13(19)7-6-12(17)18/h11,15-16H,1-10H2,(H,17,18). The molecular formula is C14H24O6. The van der Waals surface area contributed by atoms with Crippen molar-refractivity contribution >= 4 is 11.9 Å². The Morgan fingerprint density at radius 2 is 1.65 bits per heavy atom. The molecule has 1 saturated carbocycles. The van der Waals surface area contributed by atoms with Gasteiger partial charge in [0.05, 0.1) is 31.5 Å². The minimum atomic E-state index is -1.05. The van der Waals surface area contributed by atoms with Crippen LogP contribution < -0.4 is 0 Å². The molecule has 0 amide bonds. The number of carbonyl (C=O) groups excluding carboxylic acids is 1. The number of ether oxygens (including phenoxy) is 1. The van der Waals surface area contributed by atoms with E-state index in [2.05, 4.69) is 0 Å². The van der Waals surface area contributed by atoms with Crippen molar-refractivity contribution < 1.29 is 29.6 Å². The number of carboxylic acids is 1. The summed E-state index contributed by atoms with van der Waals surface area (Å²) in [4.78, 5) is 21.8. The number of aliphatic hydroxyl groups is 2. The molecule has 0 radical (unpaired) electrons. The van der Waals surface area contributed by atoms with Gasteiger partial charge in [-0.25, -0.2) is 0 Å². The minimum absolute atomic E-state index is 0.0525. The number of esters is 1. The molecule has 0 aromatic rings. The Balaban J connectivity index is 2.52. The summed E-state index contributed by atoms with van der Waals surface area (Å²) in [5.41, 5.74) is -0.806. The van der Waals surface area contributed by atoms with Crippen LogP contribution in [0.4, 0.5) is 0 Å². The molecule has 1 aliphatic carbocycles. The zero-order chi connectivity index (χ0) is 15.0. The number of carbonyl (C=O) groups is 2. The quantitative estimate of drug-likeness (QED) is 0.574. The Morgan fingerprint density at radius 3 is 2.15 bits per heavy atom. The molecule has 0 aromatic heterocycles. The van der Waals surface area contributed by atoms with Gasteiger partial charge < -0.3 is 20.1 Å². The van der Waals surface area contributed by atoms with Crippen LogP contribution in [0.15, 0.2) is 0 Å². The highest BCUT2D eigenvalue weighted by Gasteiger charge is 2.39. The summed E-state index contributed by atoms with van der Waals surface area (Å²) in [6.45, 7) is -0.524. The molecule has 1 aliphatic rings. The second-order valence-electron chi connectivity index (χ2n) is 5.57. The largest absolute Gasteiger partial charge is 0.481 e. The Labute approximate surface area is 118 Å². The Morgan fingerprint density at radius 1 is 1.05 bits per heavy atom. The van der Waals surface area contributed by atoms with E-state index in [4.69, 9.17) is 9.84 Å². The second kappa shape index (κ2) is 8.21. The molecule has 0 bridgehead atoms. The van der Waals surface area contributed by atoms with Crippen LogP contribution in [0, 0.1) is 11.3 Å². The Hall–Kier alpha value is -1.14. The maximum Gasteiger partial charge on any atom is 0.306 e. The fourth-order valence-corrected chi connectivity index (χ4v) is 2.74. The van der Waals surface area contributed by atoms with Crippen LogP contribution in [0.3, 0.4) is 0 Å². The highest BCUT2D eigenvalue weighted by atomic mass is 16.5. The highest BCUT2D eigenvalue weighted by Crippen LogP contribution is 2.38. The van der Waals surface area contributed by atoms with Crippen molar-refractivity contribution in [3.05, 3.63) is 0 Å². The second-order valence-corrected chi connectivity index (χ2v) is 5.57. The molecule has 0 atom stereocenters. The number of rotatable bonds is 8. The summed E-state index contributed by atoms with van der Waals surface area (Å²) in [5.74, 6) is -1.52. The molecule has 0 aliphatic heterocycles. The van der Waals surface area contributed by atoms with Crippen LogP contribution in [0.1, 0.15) is 44.9 Å². The highest BCUT2D eigenvalue weighted by molar-refractivity contribution is 5.76. The van der Waals surface area contributed by atoms with Crippen molar-refractivity contribution in [3.8, 4) is 0 Å². The van der Waals surface area contributed by atoms with E-state index >= 15 is 0 Å². The summed E-state index contributed by atoms with van der Waals surface area (Å²) < 4.78 is 5.07. The van der Waals surface area contributed by atoms with Crippen molar-refractivity contribution in [1.29, 1.82) is 0 Å². The molecule has 116 valence electrons. The zero-order valence-corrected chi connectivity index (χ0v) is 11.7. The molecule has 0 unspecified atom stereocenters. The van der Waals surface area contributed by atoms with Crippen LogP contribution in [-0.2, 0) is 14.3 Å². The molecule has 0 spiro atoms. The van der Waals surface area contributed by atoms with Crippen LogP contribution >= 0.6 is 0 Å². The number of aliphatic hydroxyl groups excluding tert-OH is 2. The summed E-state index contributed by atoms with van der Waals surface area (Å²) in [6, 6.07) is 0. The number of hydrogen-bond acceptors (Lipinski definition) is 5. The third-order valence-electron chi connectivity index (χ3n) is 4.16. The molecule has 0 aromatic carbocycles. The average molecular weight is 288 g/mol. The van der Waals surface area contributed by atoms with Crippen LogP contribution in [-0.4, -0.2) is 47.1 Å². The maximum absolute atomic E-state index is 11.5. The molecule has 1 fully saturated rings. The van der Waals surface area contributed by atoms with Gasteiger partial charge in [0.15, 0.2) is 0 Å². The number of hydrogen-bond donors (Lipinski definition) is 3. The first-order valence-corrected chi connectivity index (χ1v) is 7.13. The molecule has 0 saturated heterocycles. The van der Waals surface area contributed by atoms with Crippen LogP contribution in [0.2, 0.25) is 0 Å². The van der Waals surface area contributed by atoms with E-state index in [0.717, 1.165) is 32.1 Å². The topological polar surface area (TPSA) is 104 Å². The van der Waals surface area contributed by atoms with Gasteiger partial charge in [-0.2, -0.15) is 0 Å². The minimum Gasteiger partial charge on any atom is -0.481 e. The van der Waals surface area contributed by atoms with Gasteiger partial charge in [0.1, 0.15) is 6.61 Å². The van der Waals surface area contributed by atoms with Crippen molar-refractivity contribution in [2.75, 3.05) is 19.8 Å². The predicted molar refractivity (Wildman–Crippen MR) is 71.0 cm³/mol. The number of aliphatic carboxylic acids is 1. The average Bonchev–Trinajstić information content (AvgIpc) is 2.48. The van der Waals surface area contributed by atoms with Gasteiger partial charge in [-0.05, 0) is 18.8 Å². The molecule has 3 N–H and O–H groups in total. The summed E-state index contributed by atoms with van der Waals surface area (Å²) >= 11 is 0. The van der Waals surface area contributed by atoms with Gasteiger partial charge in [-0.15, -0.1) is 0 Å². The zero-order valence-electron chi connectivity index (χ0n) is 11.7. The van der Waals surface area contributed by atoms with E-state index in [1.807, 2.05) is 0 Å². The lowest BCUT2D eigenvalue weighted by molar-refractivity contribution is -0.155. The summed E-state index contributed by atoms with van der Waals surface area (Å²) in [6.07, 6.45) is 4.63. The Bertz CT molecular complexity index is 318. The monoisotopic (exact) mass is 288 g/mol. The molecule has 1 rings (SSSR count). The van der Waals surface area contributed by atoms with Gasteiger partial charge in [0.2, 0.25) is 0 Å². The van der Waals surface area contributed by atoms with Crippen molar-refractivity contribution in [2.45, 2.75) is 44.9 Å². The maximum atomic E-state index is 11.5. The fraction of sp³-hybridized carbons (Fsp3) is 0.857. The van der Waals surface area contributed by atoms with E-state index in [-0.39, 0.29) is 38.6 Å². The lowest BCUT2D eigenvalue weighted by Crippen LogP contribution is -2.43. The molecule has 6 nitrogen and oxygen atoms in total. The molecule has 20 heavy (non-hydrogen) atoms. The third-order valence-corrected chi connectivity index (χ3v) is 4.16. The van der Waals surface area contributed by atoms with Gasteiger partial charge >= 0.3 is 11.9 Å². The van der Waals surface area contributed by atoms with E-state index in [1.54, 1.807) is 0 Å². The van der Waals surface area contributed by atoms with Crippen molar-refractivity contribution in [3.63, 3.8) is 0 Å². The van der Waals surface area contributed by atoms with Crippen molar-refractivity contribution in [2.24, 2.45) is 11.3 Å². The molecular weight excluding hydrogens is 264 g/mol. The lowest BCUT2D eigenvalue weighted by Gasteiger charge is -2.39. The first kappa shape index (κ1) is 16.9. The van der Waals surface area contributed by atoms with E-state index in [9.17, 15) is 19.8 Å². The smallest absolute Gasteiger partial charge is 0.306 e. The SMILES string of the molecule is O=C(O)CCC(=O)OCC(CO)(CO)C1CCCCC1. The van der Waals surface area contributed by atoms with Gasteiger partial charge in [0, 0.05) is 0 Å². The summed E-state index contributed by atoms with van der Waals surface area (Å²) in [5, 5.41) is 27.7. The first-order chi connectivity index (χ1) is 9.54. The number of carboxylic acid groups (broad SMARTS) is 1. The first-order valence-electron chi connectivity index (χ1n) is 7.13.